The van der Waals surface area contributed by atoms with Gasteiger partial charge in [-0.3, -0.25) is 4.90 Å². The molecule has 0 aliphatic carbocycles. The highest BCUT2D eigenvalue weighted by atomic mass is 32.2. The minimum absolute atomic E-state index is 0.358. The lowest BCUT2D eigenvalue weighted by Gasteiger charge is -2.32. The first kappa shape index (κ1) is 14.7. The highest BCUT2D eigenvalue weighted by Crippen LogP contribution is 2.35. The molecule has 2 heterocycles. The third-order valence-electron chi connectivity index (χ3n) is 4.29. The van der Waals surface area contributed by atoms with Crippen LogP contribution in [-0.2, 0) is 16.4 Å². The molecule has 1 aromatic carbocycles. The number of nitrogens with zero attached hydrogens (tertiary/aromatic N) is 2. The van der Waals surface area contributed by atoms with Crippen molar-refractivity contribution in [2.45, 2.75) is 11.4 Å². The average molecular weight is 307 g/mol. The largest absolute Gasteiger partial charge is 0.326 e. The van der Waals surface area contributed by atoms with Crippen molar-refractivity contribution in [2.24, 2.45) is 5.73 Å². The van der Waals surface area contributed by atoms with E-state index in [1.54, 1.807) is 12.1 Å². The maximum atomic E-state index is 12.6. The predicted octanol–water partition coefficient (Wildman–Crippen LogP) is 0.521. The Hall–Kier alpha value is -1.21. The van der Waals surface area contributed by atoms with Crippen molar-refractivity contribution in [3.05, 3.63) is 34.2 Å². The fourth-order valence-corrected chi connectivity index (χ4v) is 4.55. The molecule has 0 atom stereocenters. The molecule has 0 spiro atoms. The maximum Gasteiger partial charge on any atom is 0.204 e. The molecule has 0 saturated carbocycles. The van der Waals surface area contributed by atoms with Crippen LogP contribution in [0.5, 0.6) is 0 Å². The number of rotatable bonds is 3. The van der Waals surface area contributed by atoms with Crippen molar-refractivity contribution >= 4 is 15.9 Å². The monoisotopic (exact) mass is 307 g/mol. The molecular weight excluding hydrogens is 286 g/mol. The maximum absolute atomic E-state index is 12.6. The Balaban J connectivity index is 1.87. The van der Waals surface area contributed by atoms with Crippen molar-refractivity contribution in [3.8, 4) is 0 Å². The van der Waals surface area contributed by atoms with Crippen molar-refractivity contribution in [3.63, 3.8) is 0 Å². The van der Waals surface area contributed by atoms with Crippen LogP contribution in [0, 0.1) is 0 Å². The number of benzene rings is 1. The summed E-state index contributed by atoms with van der Waals surface area (Å²) in [5.74, 6) is 0. The molecule has 1 saturated heterocycles. The first-order valence-corrected chi connectivity index (χ1v) is 8.69. The molecule has 2 N–H and O–H groups in total. The van der Waals surface area contributed by atoms with E-state index in [4.69, 9.17) is 5.73 Å². The molecule has 2 aliphatic heterocycles. The topological polar surface area (TPSA) is 66.6 Å². The highest BCUT2D eigenvalue weighted by molar-refractivity contribution is 7.95. The van der Waals surface area contributed by atoms with E-state index in [0.29, 0.717) is 22.9 Å². The first-order chi connectivity index (χ1) is 10.0. The molecule has 5 nitrogen and oxygen atoms in total. The Morgan fingerprint density at radius 3 is 2.57 bits per heavy atom. The van der Waals surface area contributed by atoms with E-state index in [1.165, 1.54) is 0 Å². The van der Waals surface area contributed by atoms with Gasteiger partial charge in [-0.1, -0.05) is 12.1 Å². The van der Waals surface area contributed by atoms with Crippen molar-refractivity contribution < 1.29 is 8.42 Å². The van der Waals surface area contributed by atoms with E-state index in [9.17, 15) is 8.42 Å². The van der Waals surface area contributed by atoms with Gasteiger partial charge in [-0.2, -0.15) is 0 Å². The van der Waals surface area contributed by atoms with Gasteiger partial charge < -0.3 is 10.6 Å². The second kappa shape index (κ2) is 5.53. The lowest BCUT2D eigenvalue weighted by Crippen LogP contribution is -2.45. The summed E-state index contributed by atoms with van der Waals surface area (Å²) >= 11 is 0. The molecule has 3 rings (SSSR count). The molecule has 0 radical (unpaired) electrons. The van der Waals surface area contributed by atoms with E-state index in [1.807, 2.05) is 12.1 Å². The summed E-state index contributed by atoms with van der Waals surface area (Å²) < 4.78 is 25.3. The number of sulfone groups is 1. The normalized spacial score (nSPS) is 22.1. The number of likely N-dealkylation sites (N-methyl/N-ethyl adjacent to an activating group) is 1. The first-order valence-electron chi connectivity index (χ1n) is 7.21. The summed E-state index contributed by atoms with van der Waals surface area (Å²) in [6.07, 6.45) is 1.81. The summed E-state index contributed by atoms with van der Waals surface area (Å²) in [5, 5.41) is 0. The summed E-state index contributed by atoms with van der Waals surface area (Å²) in [6, 6.07) is 5.34. The van der Waals surface area contributed by atoms with Crippen LogP contribution in [0.1, 0.15) is 11.1 Å². The third kappa shape index (κ3) is 2.64. The zero-order chi connectivity index (χ0) is 15.0. The van der Waals surface area contributed by atoms with E-state index >= 15 is 0 Å². The number of nitrogens with two attached hydrogens (primary N) is 1. The molecule has 0 bridgehead atoms. The molecule has 1 aromatic rings. The number of hydrogen-bond donors (Lipinski definition) is 1. The smallest absolute Gasteiger partial charge is 0.204 e. The van der Waals surface area contributed by atoms with Crippen LogP contribution in [0.4, 0.5) is 0 Å². The fraction of sp³-hybridized carbons (Fsp3) is 0.467. The van der Waals surface area contributed by atoms with E-state index < -0.39 is 9.84 Å². The number of piperazine rings is 1. The molecular formula is C15H21N3O2S. The van der Waals surface area contributed by atoms with Crippen molar-refractivity contribution in [1.29, 1.82) is 0 Å². The molecule has 0 amide bonds. The van der Waals surface area contributed by atoms with Crippen LogP contribution < -0.4 is 5.73 Å². The van der Waals surface area contributed by atoms with Gasteiger partial charge >= 0.3 is 0 Å². The van der Waals surface area contributed by atoms with Gasteiger partial charge in [0.15, 0.2) is 0 Å². The van der Waals surface area contributed by atoms with E-state index in [-0.39, 0.29) is 0 Å². The van der Waals surface area contributed by atoms with Crippen molar-refractivity contribution in [2.75, 3.05) is 39.8 Å². The minimum Gasteiger partial charge on any atom is -0.326 e. The second-order valence-electron chi connectivity index (χ2n) is 5.73. The van der Waals surface area contributed by atoms with Crippen molar-refractivity contribution in [1.82, 2.24) is 9.80 Å². The second-order valence-corrected chi connectivity index (χ2v) is 7.70. The molecule has 0 aromatic heterocycles. The van der Waals surface area contributed by atoms with Gasteiger partial charge in [0.1, 0.15) is 0 Å². The Bertz CT molecular complexity index is 674. The fourth-order valence-electron chi connectivity index (χ4n) is 2.90. The summed E-state index contributed by atoms with van der Waals surface area (Å²) in [4.78, 5) is 5.38. The van der Waals surface area contributed by atoms with Gasteiger partial charge in [0.2, 0.25) is 9.84 Å². The van der Waals surface area contributed by atoms with Gasteiger partial charge in [0, 0.05) is 39.3 Å². The van der Waals surface area contributed by atoms with E-state index in [0.717, 1.165) is 37.3 Å². The van der Waals surface area contributed by atoms with Gasteiger partial charge in [-0.25, -0.2) is 8.42 Å². The van der Waals surface area contributed by atoms with Gasteiger partial charge in [-0.15, -0.1) is 0 Å². The molecule has 6 heteroatoms. The summed E-state index contributed by atoms with van der Waals surface area (Å²) in [6.45, 7) is 4.63. The Morgan fingerprint density at radius 1 is 1.19 bits per heavy atom. The van der Waals surface area contributed by atoms with Gasteiger partial charge in [0.05, 0.1) is 9.80 Å². The Kier molecular flexibility index (Phi) is 3.88. The predicted molar refractivity (Wildman–Crippen MR) is 83.4 cm³/mol. The van der Waals surface area contributed by atoms with Crippen LogP contribution in [0.3, 0.4) is 0 Å². The summed E-state index contributed by atoms with van der Waals surface area (Å²) in [7, 11) is -1.25. The standard InChI is InChI=1S/C15H21N3O2S/c1-17-5-7-18(8-6-17)11-13-9-14-12(10-16)3-2-4-15(14)21(13,19)20/h2-4,9H,5-8,10-11,16H2,1H3. The average Bonchev–Trinajstić information content (AvgIpc) is 2.73. The lowest BCUT2D eigenvalue weighted by atomic mass is 10.1. The molecule has 0 unspecified atom stereocenters. The minimum atomic E-state index is -3.34. The molecule has 2 aliphatic rings. The van der Waals surface area contributed by atoms with Crippen LogP contribution in [0.25, 0.3) is 6.08 Å². The lowest BCUT2D eigenvalue weighted by molar-refractivity contribution is 0.166. The Labute approximate surface area is 125 Å². The zero-order valence-electron chi connectivity index (χ0n) is 12.2. The highest BCUT2D eigenvalue weighted by Gasteiger charge is 2.32. The van der Waals surface area contributed by atoms with Crippen LogP contribution in [-0.4, -0.2) is 58.0 Å². The quantitative estimate of drug-likeness (QED) is 0.882. The van der Waals surface area contributed by atoms with Gasteiger partial charge in [0.25, 0.3) is 0 Å². The SMILES string of the molecule is CN1CCN(CC2=Cc3c(CN)cccc3S2(=O)=O)CC1. The van der Waals surface area contributed by atoms with Crippen LogP contribution >= 0.6 is 0 Å². The Morgan fingerprint density at radius 2 is 1.90 bits per heavy atom. The van der Waals surface area contributed by atoms with E-state index in [2.05, 4.69) is 16.8 Å². The molecule has 21 heavy (non-hydrogen) atoms. The van der Waals surface area contributed by atoms with Crippen LogP contribution in [0.15, 0.2) is 28.0 Å². The molecule has 114 valence electrons. The number of hydrogen-bond acceptors (Lipinski definition) is 5. The van der Waals surface area contributed by atoms with Crippen LogP contribution in [0.2, 0.25) is 0 Å². The zero-order valence-corrected chi connectivity index (χ0v) is 13.1. The molecule has 1 fully saturated rings. The summed E-state index contributed by atoms with van der Waals surface area (Å²) in [5.41, 5.74) is 7.39. The third-order valence-corrected chi connectivity index (χ3v) is 6.16. The van der Waals surface area contributed by atoms with Gasteiger partial charge in [-0.05, 0) is 30.3 Å². The number of fused-ring (bicyclic) bond motifs is 1.